The predicted molar refractivity (Wildman–Crippen MR) is 104 cm³/mol. The minimum absolute atomic E-state index is 0.0913. The Labute approximate surface area is 163 Å². The minimum Gasteiger partial charge on any atom is -0.288 e. The quantitative estimate of drug-likeness (QED) is 0.709. The van der Waals surface area contributed by atoms with Crippen molar-refractivity contribution in [2.24, 2.45) is 0 Å². The van der Waals surface area contributed by atoms with Gasteiger partial charge in [-0.3, -0.25) is 23.6 Å². The Morgan fingerprint density at radius 2 is 1.68 bits per heavy atom. The van der Waals surface area contributed by atoms with Crippen molar-refractivity contribution in [3.63, 3.8) is 0 Å². The molecule has 1 saturated heterocycles. The summed E-state index contributed by atoms with van der Waals surface area (Å²) in [6, 6.07) is 15.4. The van der Waals surface area contributed by atoms with Gasteiger partial charge in [-0.25, -0.2) is 8.42 Å². The lowest BCUT2D eigenvalue weighted by Gasteiger charge is -2.24. The number of ketones is 1. The van der Waals surface area contributed by atoms with Gasteiger partial charge in [0, 0.05) is 6.54 Å². The molecule has 7 nitrogen and oxygen atoms in total. The number of carbonyl (C=O) groups is 3. The van der Waals surface area contributed by atoms with Gasteiger partial charge in [-0.05, 0) is 24.6 Å². The van der Waals surface area contributed by atoms with Gasteiger partial charge in [0.2, 0.25) is 21.7 Å². The van der Waals surface area contributed by atoms with Gasteiger partial charge >= 0.3 is 0 Å². The first kappa shape index (κ1) is 19.8. The lowest BCUT2D eigenvalue weighted by Crippen LogP contribution is -2.44. The molecular formula is C20H20N2O5S. The van der Waals surface area contributed by atoms with Gasteiger partial charge in [-0.1, -0.05) is 48.0 Å². The number of aryl methyl sites for hydroxylation is 1. The van der Waals surface area contributed by atoms with E-state index >= 15 is 0 Å². The lowest BCUT2D eigenvalue weighted by atomic mass is 9.97. The maximum atomic E-state index is 12.7. The second-order valence-corrected chi connectivity index (χ2v) is 8.65. The van der Waals surface area contributed by atoms with Gasteiger partial charge in [-0.15, -0.1) is 0 Å². The third-order valence-corrected chi connectivity index (χ3v) is 5.78. The maximum absolute atomic E-state index is 12.7. The molecule has 2 aromatic carbocycles. The summed E-state index contributed by atoms with van der Waals surface area (Å²) in [5, 5.41) is 0. The zero-order valence-electron chi connectivity index (χ0n) is 15.5. The number of imide groups is 1. The third kappa shape index (κ3) is 3.96. The van der Waals surface area contributed by atoms with Crippen LogP contribution in [0.25, 0.3) is 0 Å². The highest BCUT2D eigenvalue weighted by Crippen LogP contribution is 2.26. The van der Waals surface area contributed by atoms with Gasteiger partial charge < -0.3 is 0 Å². The van der Waals surface area contributed by atoms with E-state index in [0.29, 0.717) is 11.3 Å². The Bertz CT molecular complexity index is 1020. The van der Waals surface area contributed by atoms with Gasteiger partial charge in [0.25, 0.3) is 5.91 Å². The van der Waals surface area contributed by atoms with Crippen LogP contribution in [0.1, 0.15) is 17.0 Å². The number of nitrogens with zero attached hydrogens (tertiary/aromatic N) is 2. The number of benzene rings is 2. The second-order valence-electron chi connectivity index (χ2n) is 6.74. The monoisotopic (exact) mass is 400 g/mol. The zero-order chi connectivity index (χ0) is 20.5. The summed E-state index contributed by atoms with van der Waals surface area (Å²) in [7, 11) is -3.76. The Balaban J connectivity index is 1.83. The second kappa shape index (κ2) is 7.55. The summed E-state index contributed by atoms with van der Waals surface area (Å²) in [6.45, 7) is 1.21. The molecule has 1 aliphatic heterocycles. The molecule has 1 heterocycles. The molecule has 2 aromatic rings. The molecule has 0 unspecified atom stereocenters. The van der Waals surface area contributed by atoms with Crippen LogP contribution in [0.3, 0.4) is 0 Å². The fraction of sp³-hybridized carbons (Fsp3) is 0.250. The molecule has 0 saturated carbocycles. The van der Waals surface area contributed by atoms with Crippen LogP contribution in [-0.2, 0) is 24.4 Å². The van der Waals surface area contributed by atoms with Crippen LogP contribution in [0.4, 0.5) is 5.69 Å². The number of hydrogen-bond acceptors (Lipinski definition) is 5. The van der Waals surface area contributed by atoms with Crippen molar-refractivity contribution in [2.75, 3.05) is 23.7 Å². The Morgan fingerprint density at radius 1 is 1.07 bits per heavy atom. The fourth-order valence-electron chi connectivity index (χ4n) is 3.11. The number of hydrogen-bond donors (Lipinski definition) is 0. The molecule has 1 atom stereocenters. The standard InChI is InChI=1S/C20H20N2O5S/c1-14-8-10-16(11-9-14)22(28(2,26)27)13-18(23)21-12-17(19(24)20(21)25)15-6-4-3-5-7-15/h3-11,17H,12-13H2,1-2H3/t17-/m1/s1. The number of carbonyl (C=O) groups excluding carboxylic acids is 3. The molecule has 2 amide bonds. The van der Waals surface area contributed by atoms with Crippen LogP contribution in [0, 0.1) is 6.92 Å². The highest BCUT2D eigenvalue weighted by atomic mass is 32.2. The number of sulfonamides is 1. The Hall–Kier alpha value is -3.00. The van der Waals surface area contributed by atoms with E-state index in [9.17, 15) is 22.8 Å². The predicted octanol–water partition coefficient (Wildman–Crippen LogP) is 1.48. The highest BCUT2D eigenvalue weighted by Gasteiger charge is 2.43. The first-order chi connectivity index (χ1) is 13.2. The van der Waals surface area contributed by atoms with E-state index in [1.807, 2.05) is 6.92 Å². The van der Waals surface area contributed by atoms with Crippen LogP contribution in [0.5, 0.6) is 0 Å². The van der Waals surface area contributed by atoms with Crippen LogP contribution < -0.4 is 4.31 Å². The summed E-state index contributed by atoms with van der Waals surface area (Å²) in [5.41, 5.74) is 1.91. The highest BCUT2D eigenvalue weighted by molar-refractivity contribution is 7.92. The van der Waals surface area contributed by atoms with E-state index in [4.69, 9.17) is 0 Å². The average molecular weight is 400 g/mol. The molecule has 0 N–H and O–H groups in total. The van der Waals surface area contributed by atoms with Crippen molar-refractivity contribution in [3.05, 3.63) is 65.7 Å². The van der Waals surface area contributed by atoms with Gasteiger partial charge in [0.05, 0.1) is 17.9 Å². The van der Waals surface area contributed by atoms with Crippen LogP contribution in [0.2, 0.25) is 0 Å². The van der Waals surface area contributed by atoms with E-state index in [1.165, 1.54) is 0 Å². The topological polar surface area (TPSA) is 91.8 Å². The molecule has 0 radical (unpaired) electrons. The molecule has 8 heteroatoms. The fourth-order valence-corrected chi connectivity index (χ4v) is 3.96. The number of amides is 2. The maximum Gasteiger partial charge on any atom is 0.297 e. The molecule has 3 rings (SSSR count). The van der Waals surface area contributed by atoms with Crippen molar-refractivity contribution in [3.8, 4) is 0 Å². The van der Waals surface area contributed by atoms with Gasteiger partial charge in [0.1, 0.15) is 6.54 Å². The largest absolute Gasteiger partial charge is 0.297 e. The smallest absolute Gasteiger partial charge is 0.288 e. The van der Waals surface area contributed by atoms with Crippen molar-refractivity contribution < 1.29 is 22.8 Å². The molecule has 1 aliphatic rings. The van der Waals surface area contributed by atoms with Crippen molar-refractivity contribution in [1.82, 2.24) is 4.90 Å². The number of rotatable bonds is 5. The zero-order valence-corrected chi connectivity index (χ0v) is 16.3. The van der Waals surface area contributed by atoms with Crippen molar-refractivity contribution in [2.45, 2.75) is 12.8 Å². The van der Waals surface area contributed by atoms with E-state index in [-0.39, 0.29) is 6.54 Å². The van der Waals surface area contributed by atoms with E-state index in [1.54, 1.807) is 54.6 Å². The molecule has 0 bridgehead atoms. The first-order valence-corrected chi connectivity index (χ1v) is 10.5. The molecule has 0 aliphatic carbocycles. The van der Waals surface area contributed by atoms with E-state index in [0.717, 1.165) is 21.0 Å². The van der Waals surface area contributed by atoms with Gasteiger partial charge in [-0.2, -0.15) is 0 Å². The third-order valence-electron chi connectivity index (χ3n) is 4.64. The molecule has 0 spiro atoms. The minimum atomic E-state index is -3.76. The summed E-state index contributed by atoms with van der Waals surface area (Å²) in [6.07, 6.45) is 0.990. The molecule has 1 fully saturated rings. The normalized spacial score (nSPS) is 17.1. The summed E-state index contributed by atoms with van der Waals surface area (Å²) in [5.74, 6) is -3.04. The average Bonchev–Trinajstić information content (AvgIpc) is 2.96. The van der Waals surface area contributed by atoms with Crippen LogP contribution in [0.15, 0.2) is 54.6 Å². The Kier molecular flexibility index (Phi) is 5.33. The molecule has 146 valence electrons. The first-order valence-electron chi connectivity index (χ1n) is 8.66. The number of likely N-dealkylation sites (tertiary alicyclic amines) is 1. The summed E-state index contributed by atoms with van der Waals surface area (Å²) in [4.78, 5) is 38.2. The van der Waals surface area contributed by atoms with Crippen molar-refractivity contribution in [1.29, 1.82) is 0 Å². The van der Waals surface area contributed by atoms with E-state index < -0.39 is 40.1 Å². The van der Waals surface area contributed by atoms with Crippen LogP contribution in [-0.4, -0.2) is 50.3 Å². The molecule has 0 aromatic heterocycles. The SMILES string of the molecule is Cc1ccc(N(CC(=O)N2C[C@H](c3ccccc3)C(=O)C2=O)S(C)(=O)=O)cc1. The molecular weight excluding hydrogens is 380 g/mol. The summed E-state index contributed by atoms with van der Waals surface area (Å²) >= 11 is 0. The van der Waals surface area contributed by atoms with Gasteiger partial charge in [0.15, 0.2) is 0 Å². The lowest BCUT2D eigenvalue weighted by molar-refractivity contribution is -0.146. The van der Waals surface area contributed by atoms with Crippen molar-refractivity contribution >= 4 is 33.3 Å². The van der Waals surface area contributed by atoms with Crippen LogP contribution >= 0.6 is 0 Å². The molecule has 28 heavy (non-hydrogen) atoms. The number of Topliss-reactive ketones (excluding diaryl/α,β-unsaturated/α-hetero) is 1. The Morgan fingerprint density at radius 3 is 2.25 bits per heavy atom. The van der Waals surface area contributed by atoms with E-state index in [2.05, 4.69) is 0 Å². The number of anilines is 1. The summed E-state index contributed by atoms with van der Waals surface area (Å²) < 4.78 is 25.3.